The van der Waals surface area contributed by atoms with Gasteiger partial charge < -0.3 is 20.3 Å². The van der Waals surface area contributed by atoms with E-state index in [9.17, 15) is 0 Å². The lowest BCUT2D eigenvalue weighted by Gasteiger charge is -2.31. The van der Waals surface area contributed by atoms with Crippen molar-refractivity contribution >= 4 is 17.8 Å². The molecule has 0 bridgehead atoms. The molecule has 1 saturated heterocycles. The fourth-order valence-electron chi connectivity index (χ4n) is 1.96. The molecule has 0 radical (unpaired) electrons. The first kappa shape index (κ1) is 12.8. The molecule has 2 heterocycles. The van der Waals surface area contributed by atoms with Gasteiger partial charge in [-0.05, 0) is 12.8 Å². The molecule has 1 aromatic rings. The second-order valence-electron chi connectivity index (χ2n) is 4.64. The Balaban J connectivity index is 2.20. The van der Waals surface area contributed by atoms with Gasteiger partial charge in [-0.25, -0.2) is 0 Å². The minimum Gasteiger partial charge on any atom is -0.381 e. The van der Waals surface area contributed by atoms with E-state index in [1.165, 1.54) is 0 Å². The summed E-state index contributed by atoms with van der Waals surface area (Å²) < 4.78 is 5.36. The standard InChI is InChI=1S/C11H20N6O/c1-16(2)10-13-9(12)14-11(15-10)17(3)8-4-6-18-7-5-8/h8H,4-7H2,1-3H3,(H2,12,13,14,15). The predicted molar refractivity (Wildman–Crippen MR) is 70.8 cm³/mol. The van der Waals surface area contributed by atoms with Crippen molar-refractivity contribution in [2.24, 2.45) is 0 Å². The van der Waals surface area contributed by atoms with Crippen LogP contribution >= 0.6 is 0 Å². The Morgan fingerprint density at radius 2 is 1.67 bits per heavy atom. The maximum absolute atomic E-state index is 5.72. The first-order chi connectivity index (χ1) is 8.58. The van der Waals surface area contributed by atoms with E-state index in [0.29, 0.717) is 17.9 Å². The molecule has 0 spiro atoms. The van der Waals surface area contributed by atoms with E-state index in [0.717, 1.165) is 26.1 Å². The Hall–Kier alpha value is -1.63. The average Bonchev–Trinajstić information content (AvgIpc) is 2.38. The maximum Gasteiger partial charge on any atom is 0.231 e. The summed E-state index contributed by atoms with van der Waals surface area (Å²) in [7, 11) is 5.75. The van der Waals surface area contributed by atoms with E-state index < -0.39 is 0 Å². The van der Waals surface area contributed by atoms with Crippen LogP contribution in [-0.2, 0) is 4.74 Å². The smallest absolute Gasteiger partial charge is 0.231 e. The molecule has 0 atom stereocenters. The average molecular weight is 252 g/mol. The van der Waals surface area contributed by atoms with Crippen molar-refractivity contribution in [2.45, 2.75) is 18.9 Å². The van der Waals surface area contributed by atoms with Crippen LogP contribution in [0.3, 0.4) is 0 Å². The zero-order valence-corrected chi connectivity index (χ0v) is 11.1. The molecule has 100 valence electrons. The van der Waals surface area contributed by atoms with Crippen LogP contribution in [0.15, 0.2) is 0 Å². The number of nitrogen functional groups attached to an aromatic ring is 1. The highest BCUT2D eigenvalue weighted by atomic mass is 16.5. The Morgan fingerprint density at radius 1 is 1.06 bits per heavy atom. The van der Waals surface area contributed by atoms with E-state index in [1.54, 1.807) is 0 Å². The number of rotatable bonds is 3. The molecule has 2 N–H and O–H groups in total. The molecule has 0 amide bonds. The van der Waals surface area contributed by atoms with Gasteiger partial charge in [0.05, 0.1) is 0 Å². The minimum atomic E-state index is 0.252. The molecule has 1 aliphatic rings. The van der Waals surface area contributed by atoms with E-state index in [-0.39, 0.29) is 5.95 Å². The Kier molecular flexibility index (Phi) is 3.81. The first-order valence-electron chi connectivity index (χ1n) is 6.07. The number of anilines is 3. The Labute approximate surface area is 107 Å². The van der Waals surface area contributed by atoms with Gasteiger partial charge >= 0.3 is 0 Å². The van der Waals surface area contributed by atoms with E-state index in [1.807, 2.05) is 26.0 Å². The number of aromatic nitrogens is 3. The summed E-state index contributed by atoms with van der Waals surface area (Å²) in [5.74, 6) is 1.46. The molecule has 1 fully saturated rings. The number of hydrogen-bond acceptors (Lipinski definition) is 7. The molecular weight excluding hydrogens is 232 g/mol. The molecule has 7 nitrogen and oxygen atoms in total. The molecule has 1 aromatic heterocycles. The summed E-state index contributed by atoms with van der Waals surface area (Å²) >= 11 is 0. The molecule has 2 rings (SSSR count). The molecule has 0 saturated carbocycles. The van der Waals surface area contributed by atoms with Crippen molar-refractivity contribution in [3.05, 3.63) is 0 Å². The molecule has 1 aliphatic heterocycles. The van der Waals surface area contributed by atoms with Crippen molar-refractivity contribution in [1.82, 2.24) is 15.0 Å². The third-order valence-electron chi connectivity index (χ3n) is 3.08. The molecule has 7 heteroatoms. The van der Waals surface area contributed by atoms with Crippen molar-refractivity contribution in [3.8, 4) is 0 Å². The van der Waals surface area contributed by atoms with Crippen molar-refractivity contribution in [3.63, 3.8) is 0 Å². The van der Waals surface area contributed by atoms with Crippen LogP contribution in [0.5, 0.6) is 0 Å². The highest BCUT2D eigenvalue weighted by Crippen LogP contribution is 2.19. The molecule has 0 aromatic carbocycles. The summed E-state index contributed by atoms with van der Waals surface area (Å²) in [5.41, 5.74) is 5.72. The Morgan fingerprint density at radius 3 is 2.28 bits per heavy atom. The maximum atomic E-state index is 5.72. The third-order valence-corrected chi connectivity index (χ3v) is 3.08. The lowest BCUT2D eigenvalue weighted by atomic mass is 10.1. The van der Waals surface area contributed by atoms with E-state index >= 15 is 0 Å². The summed E-state index contributed by atoms with van der Waals surface area (Å²) in [5, 5.41) is 0. The summed E-state index contributed by atoms with van der Waals surface area (Å²) in [6.45, 7) is 1.58. The van der Waals surface area contributed by atoms with Gasteiger partial charge in [-0.1, -0.05) is 0 Å². The third kappa shape index (κ3) is 2.79. The summed E-state index contributed by atoms with van der Waals surface area (Å²) in [4.78, 5) is 16.6. The summed E-state index contributed by atoms with van der Waals surface area (Å²) in [6.07, 6.45) is 1.97. The predicted octanol–water partition coefficient (Wildman–Crippen LogP) is 0.135. The van der Waals surface area contributed by atoms with Crippen LogP contribution in [0.2, 0.25) is 0 Å². The Bertz CT molecular complexity index is 405. The highest BCUT2D eigenvalue weighted by molar-refractivity contribution is 5.42. The number of nitrogens with two attached hydrogens (primary N) is 1. The fourth-order valence-corrected chi connectivity index (χ4v) is 1.96. The number of hydrogen-bond donors (Lipinski definition) is 1. The SMILES string of the molecule is CN(C)c1nc(N)nc(N(C)C2CCOCC2)n1. The van der Waals surface area contributed by atoms with E-state index in [4.69, 9.17) is 10.5 Å². The van der Waals surface area contributed by atoms with Crippen molar-refractivity contribution in [2.75, 3.05) is 49.9 Å². The lowest BCUT2D eigenvalue weighted by Crippen LogP contribution is -2.38. The van der Waals surface area contributed by atoms with Gasteiger partial charge in [0, 0.05) is 40.4 Å². The van der Waals surface area contributed by atoms with Gasteiger partial charge in [0.2, 0.25) is 17.8 Å². The van der Waals surface area contributed by atoms with Crippen LogP contribution < -0.4 is 15.5 Å². The van der Waals surface area contributed by atoms with Gasteiger partial charge in [0.25, 0.3) is 0 Å². The second-order valence-corrected chi connectivity index (χ2v) is 4.64. The molecule has 0 unspecified atom stereocenters. The number of ether oxygens (including phenoxy) is 1. The highest BCUT2D eigenvalue weighted by Gasteiger charge is 2.21. The van der Waals surface area contributed by atoms with E-state index in [2.05, 4.69) is 19.9 Å². The zero-order valence-electron chi connectivity index (χ0n) is 11.1. The normalized spacial score (nSPS) is 16.6. The van der Waals surface area contributed by atoms with Gasteiger partial charge in [0.1, 0.15) is 0 Å². The fraction of sp³-hybridized carbons (Fsp3) is 0.727. The first-order valence-corrected chi connectivity index (χ1v) is 6.07. The quantitative estimate of drug-likeness (QED) is 0.819. The van der Waals surface area contributed by atoms with Gasteiger partial charge in [0.15, 0.2) is 0 Å². The molecular formula is C11H20N6O. The minimum absolute atomic E-state index is 0.252. The van der Waals surface area contributed by atoms with Crippen LogP contribution in [0.25, 0.3) is 0 Å². The zero-order chi connectivity index (χ0) is 13.1. The number of nitrogens with zero attached hydrogens (tertiary/aromatic N) is 5. The van der Waals surface area contributed by atoms with Gasteiger partial charge in [-0.15, -0.1) is 0 Å². The topological polar surface area (TPSA) is 80.4 Å². The van der Waals surface area contributed by atoms with Crippen molar-refractivity contribution < 1.29 is 4.74 Å². The van der Waals surface area contributed by atoms with Crippen molar-refractivity contribution in [1.29, 1.82) is 0 Å². The monoisotopic (exact) mass is 252 g/mol. The second kappa shape index (κ2) is 5.34. The van der Waals surface area contributed by atoms with Crippen LogP contribution in [-0.4, -0.2) is 55.4 Å². The largest absolute Gasteiger partial charge is 0.381 e. The lowest BCUT2D eigenvalue weighted by molar-refractivity contribution is 0.0852. The molecule has 0 aliphatic carbocycles. The van der Waals surface area contributed by atoms with Gasteiger partial charge in [-0.3, -0.25) is 0 Å². The van der Waals surface area contributed by atoms with Gasteiger partial charge in [-0.2, -0.15) is 15.0 Å². The summed E-state index contributed by atoms with van der Waals surface area (Å²) in [6, 6.07) is 0.399. The van der Waals surface area contributed by atoms with Crippen LogP contribution in [0.1, 0.15) is 12.8 Å². The van der Waals surface area contributed by atoms with Crippen LogP contribution in [0.4, 0.5) is 17.8 Å². The van der Waals surface area contributed by atoms with Crippen LogP contribution in [0, 0.1) is 0 Å². The molecule has 18 heavy (non-hydrogen) atoms.